The summed E-state index contributed by atoms with van der Waals surface area (Å²) >= 11 is 6.51. The van der Waals surface area contributed by atoms with Gasteiger partial charge in [0.2, 0.25) is 0 Å². The van der Waals surface area contributed by atoms with E-state index in [1.807, 2.05) is 33.8 Å². The average Bonchev–Trinajstić information content (AvgIpc) is 3.40. The molecule has 1 aliphatic carbocycles. The molecule has 1 aromatic heterocycles. The first kappa shape index (κ1) is 26.2. The molecule has 194 valence electrons. The van der Waals surface area contributed by atoms with Crippen LogP contribution >= 0.6 is 11.6 Å². The quantitative estimate of drug-likeness (QED) is 0.300. The molecule has 0 bridgehead atoms. The number of nitrogens with zero attached hydrogens (tertiary/aromatic N) is 2. The Morgan fingerprint density at radius 3 is 2.63 bits per heavy atom. The highest BCUT2D eigenvalue weighted by Crippen LogP contribution is 2.41. The topological polar surface area (TPSA) is 90.7 Å². The molecule has 1 fully saturated rings. The highest BCUT2D eigenvalue weighted by atomic mass is 35.5. The molecule has 1 unspecified atom stereocenters. The van der Waals surface area contributed by atoms with E-state index in [-0.39, 0.29) is 12.7 Å². The fraction of sp³-hybridized carbons (Fsp3) is 0.345. The Bertz CT molecular complexity index is 1420. The maximum Gasteiger partial charge on any atom is 0.495 e. The van der Waals surface area contributed by atoms with Gasteiger partial charge in [-0.05, 0) is 69.3 Å². The Balaban J connectivity index is 1.38. The first-order valence-electron chi connectivity index (χ1n) is 12.5. The zero-order valence-corrected chi connectivity index (χ0v) is 22.5. The maximum absolute atomic E-state index is 11.7. The van der Waals surface area contributed by atoms with Crippen LogP contribution in [-0.4, -0.2) is 29.6 Å². The largest absolute Gasteiger partial charge is 0.495 e. The number of hydrogen-bond donors (Lipinski definition) is 0. The van der Waals surface area contributed by atoms with Gasteiger partial charge in [0.15, 0.2) is 6.29 Å². The van der Waals surface area contributed by atoms with Gasteiger partial charge in [0.05, 0.1) is 27.4 Å². The monoisotopic (exact) mass is 530 g/mol. The summed E-state index contributed by atoms with van der Waals surface area (Å²) < 4.78 is 24.9. The minimum atomic E-state index is -0.446. The van der Waals surface area contributed by atoms with Crippen molar-refractivity contribution in [3.63, 3.8) is 0 Å². The molecule has 1 atom stereocenters. The Labute approximate surface area is 227 Å². The van der Waals surface area contributed by atoms with Crippen molar-refractivity contribution in [3.05, 3.63) is 81.6 Å². The molecule has 0 saturated carbocycles. The lowest BCUT2D eigenvalue weighted by Gasteiger charge is -2.32. The molecular weight excluding hydrogens is 503 g/mol. The van der Waals surface area contributed by atoms with E-state index in [2.05, 4.69) is 23.2 Å². The molecule has 38 heavy (non-hydrogen) atoms. The summed E-state index contributed by atoms with van der Waals surface area (Å²) in [5, 5.41) is 9.43. The minimum absolute atomic E-state index is 0.133. The van der Waals surface area contributed by atoms with Crippen LogP contribution in [0.4, 0.5) is 0 Å². The first-order chi connectivity index (χ1) is 18.1. The number of carbonyl (C=O) groups is 1. The van der Waals surface area contributed by atoms with Crippen LogP contribution < -0.4 is 14.9 Å². The van der Waals surface area contributed by atoms with Gasteiger partial charge < -0.3 is 18.8 Å². The van der Waals surface area contributed by atoms with Gasteiger partial charge >= 0.3 is 7.12 Å². The number of halogens is 1. The molecule has 9 heteroatoms. The molecule has 2 aromatic carbocycles. The SMILES string of the molecule is CC1(C)OB(c2cccc3c2CCC3Oc2cc(OCc3cncc(C#N)c3)c(C=O)cc2Cl)OC1(C)C. The summed E-state index contributed by atoms with van der Waals surface area (Å²) in [5.41, 5.74) is 3.84. The second-order valence-corrected chi connectivity index (χ2v) is 11.0. The molecule has 2 heterocycles. The summed E-state index contributed by atoms with van der Waals surface area (Å²) in [6, 6.07) is 13.0. The highest BCUT2D eigenvalue weighted by Gasteiger charge is 2.52. The number of nitriles is 1. The Kier molecular flexibility index (Phi) is 6.95. The van der Waals surface area contributed by atoms with Crippen molar-refractivity contribution in [2.45, 2.75) is 64.4 Å². The summed E-state index contributed by atoms with van der Waals surface area (Å²) in [6.07, 6.45) is 5.14. The van der Waals surface area contributed by atoms with Crippen molar-refractivity contribution in [2.24, 2.45) is 0 Å². The smallest absolute Gasteiger partial charge is 0.488 e. The summed E-state index contributed by atoms with van der Waals surface area (Å²) in [6.45, 7) is 8.31. The van der Waals surface area contributed by atoms with Crippen molar-refractivity contribution in [3.8, 4) is 17.6 Å². The molecule has 2 aliphatic rings. The van der Waals surface area contributed by atoms with Crippen LogP contribution in [0, 0.1) is 11.3 Å². The van der Waals surface area contributed by atoms with Gasteiger partial charge in [-0.25, -0.2) is 0 Å². The van der Waals surface area contributed by atoms with E-state index in [1.54, 1.807) is 24.4 Å². The summed E-state index contributed by atoms with van der Waals surface area (Å²) in [5.74, 6) is 0.765. The van der Waals surface area contributed by atoms with Crippen LogP contribution in [0.25, 0.3) is 0 Å². The average molecular weight is 531 g/mol. The third-order valence-electron chi connectivity index (χ3n) is 7.54. The van der Waals surface area contributed by atoms with Crippen molar-refractivity contribution < 1.29 is 23.6 Å². The number of hydrogen-bond acceptors (Lipinski definition) is 7. The summed E-state index contributed by atoms with van der Waals surface area (Å²) in [7, 11) is -0.446. The van der Waals surface area contributed by atoms with E-state index >= 15 is 0 Å². The van der Waals surface area contributed by atoms with Crippen molar-refractivity contribution >= 4 is 30.5 Å². The standard InChI is InChI=1S/C29H28BClN2O5/c1-28(2)29(3,4)38-30(37-28)23-7-5-6-22-21(23)8-9-25(22)36-27-12-26(20(16-34)11-24(27)31)35-17-19-10-18(13-32)14-33-15-19/h5-7,10-12,14-16,25H,8-9,17H2,1-4H3. The van der Waals surface area contributed by atoms with Gasteiger partial charge in [0, 0.05) is 24.0 Å². The Morgan fingerprint density at radius 1 is 1.16 bits per heavy atom. The fourth-order valence-corrected chi connectivity index (χ4v) is 4.97. The molecule has 1 aliphatic heterocycles. The third kappa shape index (κ3) is 4.90. The normalized spacial score (nSPS) is 19.1. The van der Waals surface area contributed by atoms with Crippen molar-refractivity contribution in [1.29, 1.82) is 5.26 Å². The summed E-state index contributed by atoms with van der Waals surface area (Å²) in [4.78, 5) is 15.8. The van der Waals surface area contributed by atoms with Gasteiger partial charge in [-0.2, -0.15) is 5.26 Å². The van der Waals surface area contributed by atoms with Gasteiger partial charge in [0.1, 0.15) is 30.3 Å². The van der Waals surface area contributed by atoms with Crippen molar-refractivity contribution in [2.75, 3.05) is 0 Å². The second kappa shape index (κ2) is 10.1. The van der Waals surface area contributed by atoms with Crippen LogP contribution in [-0.2, 0) is 22.3 Å². The van der Waals surface area contributed by atoms with Crippen LogP contribution in [0.1, 0.15) is 72.8 Å². The predicted octanol–water partition coefficient (Wildman–Crippen LogP) is 5.36. The predicted molar refractivity (Wildman–Crippen MR) is 144 cm³/mol. The zero-order valence-electron chi connectivity index (χ0n) is 21.8. The number of rotatable bonds is 7. The molecular formula is C29H28BClN2O5. The molecule has 7 nitrogen and oxygen atoms in total. The van der Waals surface area contributed by atoms with E-state index in [1.165, 1.54) is 6.20 Å². The maximum atomic E-state index is 11.7. The van der Waals surface area contributed by atoms with Crippen LogP contribution in [0.5, 0.6) is 11.5 Å². The van der Waals surface area contributed by atoms with E-state index in [0.717, 1.165) is 29.4 Å². The molecule has 0 N–H and O–H groups in total. The van der Waals surface area contributed by atoms with E-state index in [0.29, 0.717) is 39.5 Å². The number of aldehydes is 1. The van der Waals surface area contributed by atoms with Crippen LogP contribution in [0.15, 0.2) is 48.8 Å². The molecule has 0 amide bonds. The first-order valence-corrected chi connectivity index (χ1v) is 12.9. The number of aromatic nitrogens is 1. The van der Waals surface area contributed by atoms with Gasteiger partial charge in [-0.15, -0.1) is 0 Å². The van der Waals surface area contributed by atoms with Gasteiger partial charge in [-0.1, -0.05) is 29.8 Å². The minimum Gasteiger partial charge on any atom is -0.488 e. The molecule has 0 radical (unpaired) electrons. The number of fused-ring (bicyclic) bond motifs is 1. The third-order valence-corrected chi connectivity index (χ3v) is 7.83. The lowest BCUT2D eigenvalue weighted by molar-refractivity contribution is 0.00578. The van der Waals surface area contributed by atoms with Crippen molar-refractivity contribution in [1.82, 2.24) is 4.98 Å². The van der Waals surface area contributed by atoms with E-state index in [9.17, 15) is 4.79 Å². The highest BCUT2D eigenvalue weighted by molar-refractivity contribution is 6.62. The van der Waals surface area contributed by atoms with E-state index < -0.39 is 18.3 Å². The van der Waals surface area contributed by atoms with Crippen LogP contribution in [0.2, 0.25) is 5.02 Å². The molecule has 0 spiro atoms. The molecule has 5 rings (SSSR count). The lowest BCUT2D eigenvalue weighted by Crippen LogP contribution is -2.41. The Hall–Kier alpha value is -3.38. The zero-order chi connectivity index (χ0) is 27.1. The second-order valence-electron chi connectivity index (χ2n) is 10.6. The lowest BCUT2D eigenvalue weighted by atomic mass is 9.75. The molecule has 3 aromatic rings. The van der Waals surface area contributed by atoms with Gasteiger partial charge in [0.25, 0.3) is 0 Å². The Morgan fingerprint density at radius 2 is 1.92 bits per heavy atom. The van der Waals surface area contributed by atoms with Crippen LogP contribution in [0.3, 0.4) is 0 Å². The molecule has 1 saturated heterocycles. The number of pyridine rings is 1. The van der Waals surface area contributed by atoms with Gasteiger partial charge in [-0.3, -0.25) is 9.78 Å². The number of benzene rings is 2. The fourth-order valence-electron chi connectivity index (χ4n) is 4.76. The number of ether oxygens (including phenoxy) is 2. The number of carbonyl (C=O) groups excluding carboxylic acids is 1. The van der Waals surface area contributed by atoms with E-state index in [4.69, 9.17) is 35.6 Å².